The van der Waals surface area contributed by atoms with Crippen LogP contribution in [0, 0.1) is 12.8 Å². The minimum absolute atomic E-state index is 0.0272. The molecule has 6 heteroatoms. The summed E-state index contributed by atoms with van der Waals surface area (Å²) in [5.41, 5.74) is 1.90. The lowest BCUT2D eigenvalue weighted by atomic mass is 10.2. The van der Waals surface area contributed by atoms with Gasteiger partial charge in [-0.15, -0.1) is 0 Å². The molecule has 1 saturated carbocycles. The number of amides is 3. The Balaban J connectivity index is 1.44. The third-order valence-electron chi connectivity index (χ3n) is 4.77. The highest BCUT2D eigenvalue weighted by molar-refractivity contribution is 5.89. The van der Waals surface area contributed by atoms with E-state index < -0.39 is 6.10 Å². The first-order valence-electron chi connectivity index (χ1n) is 9.06. The van der Waals surface area contributed by atoms with Crippen molar-refractivity contribution in [2.24, 2.45) is 5.92 Å². The second-order valence-electron chi connectivity index (χ2n) is 7.03. The minimum atomic E-state index is -0.395. The number of rotatable bonds is 5. The minimum Gasteiger partial charge on any atom is -0.368 e. The van der Waals surface area contributed by atoms with Crippen LogP contribution in [0.3, 0.4) is 0 Å². The number of piperazine rings is 1. The van der Waals surface area contributed by atoms with Gasteiger partial charge in [-0.1, -0.05) is 12.1 Å². The first-order valence-corrected chi connectivity index (χ1v) is 9.06. The Bertz CT molecular complexity index is 622. The summed E-state index contributed by atoms with van der Waals surface area (Å²) in [6.07, 6.45) is 2.04. The maximum Gasteiger partial charge on any atom is 0.321 e. The Hall–Kier alpha value is -2.08. The lowest BCUT2D eigenvalue weighted by Crippen LogP contribution is -2.53. The van der Waals surface area contributed by atoms with E-state index >= 15 is 0 Å². The predicted octanol–water partition coefficient (Wildman–Crippen LogP) is 2.49. The molecule has 3 rings (SSSR count). The highest BCUT2D eigenvalue weighted by atomic mass is 16.5. The number of benzene rings is 1. The molecular formula is C19H27N3O3. The Morgan fingerprint density at radius 3 is 2.52 bits per heavy atom. The molecule has 6 nitrogen and oxygen atoms in total. The molecule has 25 heavy (non-hydrogen) atoms. The molecule has 1 saturated heterocycles. The van der Waals surface area contributed by atoms with Crippen molar-refractivity contribution < 1.29 is 14.3 Å². The molecule has 2 aliphatic rings. The second kappa shape index (κ2) is 7.87. The molecule has 2 fully saturated rings. The van der Waals surface area contributed by atoms with Crippen LogP contribution in [0.2, 0.25) is 0 Å². The summed E-state index contributed by atoms with van der Waals surface area (Å²) in [6.45, 7) is 6.69. The van der Waals surface area contributed by atoms with Crippen molar-refractivity contribution in [3.63, 3.8) is 0 Å². The number of carbonyl (C=O) groups excluding carboxylic acids is 2. The van der Waals surface area contributed by atoms with Gasteiger partial charge in [-0.05, 0) is 50.3 Å². The Morgan fingerprint density at radius 1 is 1.20 bits per heavy atom. The van der Waals surface area contributed by atoms with Gasteiger partial charge in [0.2, 0.25) is 0 Å². The van der Waals surface area contributed by atoms with E-state index in [9.17, 15) is 9.59 Å². The molecule has 1 aromatic carbocycles. The van der Waals surface area contributed by atoms with Crippen LogP contribution < -0.4 is 5.32 Å². The van der Waals surface area contributed by atoms with E-state index in [1.54, 1.807) is 9.80 Å². The van der Waals surface area contributed by atoms with Crippen LogP contribution in [0.4, 0.5) is 10.5 Å². The maximum atomic E-state index is 12.4. The molecule has 1 N–H and O–H groups in total. The first-order chi connectivity index (χ1) is 12.0. The molecule has 0 aromatic heterocycles. The number of carbonyl (C=O) groups is 2. The summed E-state index contributed by atoms with van der Waals surface area (Å²) in [4.78, 5) is 28.3. The van der Waals surface area contributed by atoms with Crippen molar-refractivity contribution in [2.45, 2.75) is 32.8 Å². The average Bonchev–Trinajstić information content (AvgIpc) is 3.43. The van der Waals surface area contributed by atoms with E-state index in [4.69, 9.17) is 4.74 Å². The van der Waals surface area contributed by atoms with E-state index in [0.717, 1.165) is 11.3 Å². The Kier molecular flexibility index (Phi) is 5.58. The monoisotopic (exact) mass is 345 g/mol. The number of urea groups is 1. The van der Waals surface area contributed by atoms with Gasteiger partial charge in [0.1, 0.15) is 6.10 Å². The molecule has 0 spiro atoms. The number of anilines is 1. The zero-order valence-electron chi connectivity index (χ0n) is 15.0. The zero-order chi connectivity index (χ0) is 17.8. The van der Waals surface area contributed by atoms with Gasteiger partial charge in [0.05, 0.1) is 6.61 Å². The standard InChI is InChI=1S/C19H27N3O3/c1-14-4-3-5-17(12-14)20-19(24)22-10-8-21(9-11-22)18(23)15(2)25-13-16-6-7-16/h3-5,12,15-16H,6-11,13H2,1-2H3,(H,20,24)/t15-/m1/s1. The van der Waals surface area contributed by atoms with Crippen molar-refractivity contribution in [3.05, 3.63) is 29.8 Å². The fraction of sp³-hybridized carbons (Fsp3) is 0.579. The van der Waals surface area contributed by atoms with E-state index in [2.05, 4.69) is 5.32 Å². The number of ether oxygens (including phenoxy) is 1. The van der Waals surface area contributed by atoms with Crippen molar-refractivity contribution in [3.8, 4) is 0 Å². The summed E-state index contributed by atoms with van der Waals surface area (Å²) in [5, 5.41) is 2.92. The summed E-state index contributed by atoms with van der Waals surface area (Å²) < 4.78 is 5.66. The van der Waals surface area contributed by atoms with Crippen LogP contribution >= 0.6 is 0 Å². The number of nitrogens with one attached hydrogen (secondary N) is 1. The van der Waals surface area contributed by atoms with Crippen LogP contribution in [0.1, 0.15) is 25.3 Å². The first kappa shape index (κ1) is 17.7. The molecule has 1 aliphatic heterocycles. The van der Waals surface area contributed by atoms with Crippen LogP contribution in [0.15, 0.2) is 24.3 Å². The predicted molar refractivity (Wildman–Crippen MR) is 96.5 cm³/mol. The van der Waals surface area contributed by atoms with Crippen LogP contribution in [0.25, 0.3) is 0 Å². The van der Waals surface area contributed by atoms with E-state index in [-0.39, 0.29) is 11.9 Å². The van der Waals surface area contributed by atoms with Gasteiger partial charge in [0.15, 0.2) is 0 Å². The quantitative estimate of drug-likeness (QED) is 0.892. The fourth-order valence-corrected chi connectivity index (χ4v) is 2.95. The number of hydrogen-bond acceptors (Lipinski definition) is 3. The highest BCUT2D eigenvalue weighted by Crippen LogP contribution is 2.29. The van der Waals surface area contributed by atoms with Crippen LogP contribution in [-0.4, -0.2) is 60.6 Å². The molecule has 3 amide bonds. The largest absolute Gasteiger partial charge is 0.368 e. The molecule has 1 heterocycles. The molecule has 0 radical (unpaired) electrons. The van der Waals surface area contributed by atoms with Crippen LogP contribution in [0.5, 0.6) is 0 Å². The third-order valence-corrected chi connectivity index (χ3v) is 4.77. The summed E-state index contributed by atoms with van der Waals surface area (Å²) in [5.74, 6) is 0.678. The van der Waals surface area contributed by atoms with E-state index in [1.807, 2.05) is 38.1 Å². The second-order valence-corrected chi connectivity index (χ2v) is 7.03. The molecule has 136 valence electrons. The van der Waals surface area contributed by atoms with Gasteiger partial charge in [-0.3, -0.25) is 4.79 Å². The van der Waals surface area contributed by atoms with E-state index in [1.165, 1.54) is 12.8 Å². The van der Waals surface area contributed by atoms with Gasteiger partial charge >= 0.3 is 6.03 Å². The van der Waals surface area contributed by atoms with Crippen LogP contribution in [-0.2, 0) is 9.53 Å². The number of nitrogens with zero attached hydrogens (tertiary/aromatic N) is 2. The topological polar surface area (TPSA) is 61.9 Å². The zero-order valence-corrected chi connectivity index (χ0v) is 15.0. The fourth-order valence-electron chi connectivity index (χ4n) is 2.95. The lowest BCUT2D eigenvalue weighted by molar-refractivity contribution is -0.144. The van der Waals surface area contributed by atoms with Crippen molar-refractivity contribution >= 4 is 17.6 Å². The number of hydrogen-bond donors (Lipinski definition) is 1. The van der Waals surface area contributed by atoms with E-state index in [0.29, 0.717) is 38.7 Å². The maximum absolute atomic E-state index is 12.4. The molecule has 0 bridgehead atoms. The molecular weight excluding hydrogens is 318 g/mol. The Morgan fingerprint density at radius 2 is 1.88 bits per heavy atom. The number of aryl methyl sites for hydroxylation is 1. The normalized spacial score (nSPS) is 18.8. The summed E-state index contributed by atoms with van der Waals surface area (Å²) >= 11 is 0. The van der Waals surface area contributed by atoms with Gasteiger partial charge in [0, 0.05) is 31.9 Å². The summed E-state index contributed by atoms with van der Waals surface area (Å²) in [7, 11) is 0. The van der Waals surface area contributed by atoms with Gasteiger partial charge in [0.25, 0.3) is 5.91 Å². The van der Waals surface area contributed by atoms with Crippen molar-refractivity contribution in [1.29, 1.82) is 0 Å². The van der Waals surface area contributed by atoms with Crippen molar-refractivity contribution in [1.82, 2.24) is 9.80 Å². The molecule has 0 unspecified atom stereocenters. The highest BCUT2D eigenvalue weighted by Gasteiger charge is 2.29. The SMILES string of the molecule is Cc1cccc(NC(=O)N2CCN(C(=O)[C@@H](C)OCC3CC3)CC2)c1. The van der Waals surface area contributed by atoms with Gasteiger partial charge < -0.3 is 19.9 Å². The van der Waals surface area contributed by atoms with Crippen molar-refractivity contribution in [2.75, 3.05) is 38.1 Å². The van der Waals surface area contributed by atoms with Gasteiger partial charge in [-0.25, -0.2) is 4.79 Å². The van der Waals surface area contributed by atoms with Gasteiger partial charge in [-0.2, -0.15) is 0 Å². The smallest absolute Gasteiger partial charge is 0.321 e. The molecule has 1 aromatic rings. The Labute approximate surface area is 149 Å². The lowest BCUT2D eigenvalue weighted by Gasteiger charge is -2.35. The third kappa shape index (κ3) is 4.95. The average molecular weight is 345 g/mol. The molecule has 1 atom stereocenters. The molecule has 1 aliphatic carbocycles. The summed E-state index contributed by atoms with van der Waals surface area (Å²) in [6, 6.07) is 7.62.